The van der Waals surface area contributed by atoms with Crippen LogP contribution in [0.3, 0.4) is 0 Å². The van der Waals surface area contributed by atoms with E-state index in [9.17, 15) is 4.79 Å². The lowest BCUT2D eigenvalue weighted by atomic mass is 9.98. The number of nitrogens with two attached hydrogens (primary N) is 1. The first-order chi connectivity index (χ1) is 7.47. The lowest BCUT2D eigenvalue weighted by molar-refractivity contribution is -0.136. The topological polar surface area (TPSA) is 49.6 Å². The van der Waals surface area contributed by atoms with Crippen molar-refractivity contribution in [3.05, 3.63) is 0 Å². The van der Waals surface area contributed by atoms with Crippen molar-refractivity contribution in [2.24, 2.45) is 11.7 Å². The van der Waals surface area contributed by atoms with Crippen molar-refractivity contribution in [3.8, 4) is 0 Å². The second-order valence-electron chi connectivity index (χ2n) is 5.03. The van der Waals surface area contributed by atoms with Crippen molar-refractivity contribution in [1.29, 1.82) is 0 Å². The van der Waals surface area contributed by atoms with Crippen LogP contribution in [-0.2, 0) is 4.79 Å². The van der Waals surface area contributed by atoms with E-state index in [0.717, 1.165) is 26.1 Å². The van der Waals surface area contributed by atoms with Crippen LogP contribution in [0.5, 0.6) is 0 Å². The van der Waals surface area contributed by atoms with E-state index in [2.05, 4.69) is 25.8 Å². The van der Waals surface area contributed by atoms with E-state index in [0.29, 0.717) is 6.04 Å². The van der Waals surface area contributed by atoms with Gasteiger partial charge in [-0.1, -0.05) is 20.3 Å². The SMILES string of the molecule is CCC(C)C(N)C(=O)N1CCN(C)C(C)C1. The summed E-state index contributed by atoms with van der Waals surface area (Å²) in [6.07, 6.45) is 0.955. The first-order valence-corrected chi connectivity index (χ1v) is 6.22. The highest BCUT2D eigenvalue weighted by atomic mass is 16.2. The molecular weight excluding hydrogens is 202 g/mol. The predicted octanol–water partition coefficient (Wildman–Crippen LogP) is 0.522. The minimum absolute atomic E-state index is 0.120. The summed E-state index contributed by atoms with van der Waals surface area (Å²) in [6.45, 7) is 8.82. The number of piperazine rings is 1. The number of likely N-dealkylation sites (N-methyl/N-ethyl adjacent to an activating group) is 1. The van der Waals surface area contributed by atoms with Crippen LogP contribution in [0.1, 0.15) is 27.2 Å². The van der Waals surface area contributed by atoms with Crippen LogP contribution in [0.4, 0.5) is 0 Å². The average Bonchev–Trinajstić information content (AvgIpc) is 2.29. The van der Waals surface area contributed by atoms with Crippen molar-refractivity contribution < 1.29 is 4.79 Å². The molecule has 0 saturated carbocycles. The number of hydrogen-bond acceptors (Lipinski definition) is 3. The van der Waals surface area contributed by atoms with Crippen LogP contribution in [-0.4, -0.2) is 54.5 Å². The van der Waals surface area contributed by atoms with E-state index >= 15 is 0 Å². The summed E-state index contributed by atoms with van der Waals surface area (Å²) in [7, 11) is 2.10. The van der Waals surface area contributed by atoms with Crippen LogP contribution in [0.25, 0.3) is 0 Å². The lowest BCUT2D eigenvalue weighted by Gasteiger charge is -2.39. The van der Waals surface area contributed by atoms with Gasteiger partial charge in [0.1, 0.15) is 0 Å². The van der Waals surface area contributed by atoms with Crippen LogP contribution < -0.4 is 5.73 Å². The van der Waals surface area contributed by atoms with Gasteiger partial charge in [0, 0.05) is 25.7 Å². The van der Waals surface area contributed by atoms with Gasteiger partial charge in [0.25, 0.3) is 0 Å². The molecule has 0 aliphatic carbocycles. The molecule has 1 heterocycles. The molecule has 0 spiro atoms. The van der Waals surface area contributed by atoms with E-state index in [1.807, 2.05) is 11.8 Å². The Morgan fingerprint density at radius 2 is 2.12 bits per heavy atom. The van der Waals surface area contributed by atoms with Crippen molar-refractivity contribution in [2.75, 3.05) is 26.7 Å². The van der Waals surface area contributed by atoms with E-state index < -0.39 is 0 Å². The first-order valence-electron chi connectivity index (χ1n) is 6.22. The van der Waals surface area contributed by atoms with Gasteiger partial charge in [0.2, 0.25) is 5.91 Å². The number of carbonyl (C=O) groups excluding carboxylic acids is 1. The summed E-state index contributed by atoms with van der Waals surface area (Å²) < 4.78 is 0. The average molecular weight is 227 g/mol. The van der Waals surface area contributed by atoms with Crippen LogP contribution in [0.15, 0.2) is 0 Å². The van der Waals surface area contributed by atoms with Gasteiger partial charge in [-0.25, -0.2) is 0 Å². The zero-order valence-corrected chi connectivity index (χ0v) is 10.9. The summed E-state index contributed by atoms with van der Waals surface area (Å²) in [5.74, 6) is 0.386. The quantitative estimate of drug-likeness (QED) is 0.765. The number of rotatable bonds is 3. The Bertz CT molecular complexity index is 244. The second kappa shape index (κ2) is 5.64. The Hall–Kier alpha value is -0.610. The molecule has 0 aromatic carbocycles. The largest absolute Gasteiger partial charge is 0.339 e. The Kier molecular flexibility index (Phi) is 4.74. The molecule has 1 saturated heterocycles. The minimum atomic E-state index is -0.333. The molecule has 1 fully saturated rings. The number of carbonyl (C=O) groups is 1. The molecular formula is C12H25N3O. The fraction of sp³-hybridized carbons (Fsp3) is 0.917. The number of amides is 1. The summed E-state index contributed by atoms with van der Waals surface area (Å²) in [4.78, 5) is 16.3. The fourth-order valence-electron chi connectivity index (χ4n) is 1.96. The highest BCUT2D eigenvalue weighted by Gasteiger charge is 2.29. The third-order valence-electron chi connectivity index (χ3n) is 3.81. The zero-order chi connectivity index (χ0) is 12.3. The normalized spacial score (nSPS) is 26.6. The maximum absolute atomic E-state index is 12.1. The summed E-state index contributed by atoms with van der Waals surface area (Å²) >= 11 is 0. The van der Waals surface area contributed by atoms with Crippen LogP contribution in [0, 0.1) is 5.92 Å². The molecule has 16 heavy (non-hydrogen) atoms. The molecule has 1 aliphatic heterocycles. The molecule has 94 valence electrons. The third-order valence-corrected chi connectivity index (χ3v) is 3.81. The zero-order valence-electron chi connectivity index (χ0n) is 10.9. The summed E-state index contributed by atoms with van der Waals surface area (Å²) in [5.41, 5.74) is 5.98. The molecule has 4 heteroatoms. The van der Waals surface area contributed by atoms with Gasteiger partial charge in [-0.05, 0) is 19.9 Å². The minimum Gasteiger partial charge on any atom is -0.339 e. The molecule has 4 nitrogen and oxygen atoms in total. The Labute approximate surface area is 98.8 Å². The van der Waals surface area contributed by atoms with Crippen molar-refractivity contribution in [3.63, 3.8) is 0 Å². The van der Waals surface area contributed by atoms with Crippen LogP contribution >= 0.6 is 0 Å². The maximum atomic E-state index is 12.1. The molecule has 3 unspecified atom stereocenters. The van der Waals surface area contributed by atoms with Gasteiger partial charge in [-0.2, -0.15) is 0 Å². The molecule has 1 amide bonds. The van der Waals surface area contributed by atoms with Crippen LogP contribution in [0.2, 0.25) is 0 Å². The summed E-state index contributed by atoms with van der Waals surface area (Å²) in [5, 5.41) is 0. The molecule has 0 aromatic rings. The predicted molar refractivity (Wildman–Crippen MR) is 66.1 cm³/mol. The highest BCUT2D eigenvalue weighted by Crippen LogP contribution is 2.12. The second-order valence-corrected chi connectivity index (χ2v) is 5.03. The van der Waals surface area contributed by atoms with Gasteiger partial charge in [0.15, 0.2) is 0 Å². The number of hydrogen-bond donors (Lipinski definition) is 1. The van der Waals surface area contributed by atoms with E-state index in [1.165, 1.54) is 0 Å². The van der Waals surface area contributed by atoms with Crippen molar-refractivity contribution in [1.82, 2.24) is 9.80 Å². The third kappa shape index (κ3) is 2.95. The maximum Gasteiger partial charge on any atom is 0.239 e. The smallest absolute Gasteiger partial charge is 0.239 e. The van der Waals surface area contributed by atoms with E-state index in [-0.39, 0.29) is 17.9 Å². The van der Waals surface area contributed by atoms with E-state index in [4.69, 9.17) is 5.73 Å². The van der Waals surface area contributed by atoms with Gasteiger partial charge < -0.3 is 15.5 Å². The standard InChI is InChI=1S/C12H25N3O/c1-5-9(2)11(13)12(16)15-7-6-14(4)10(3)8-15/h9-11H,5-8,13H2,1-4H3. The molecule has 0 radical (unpaired) electrons. The highest BCUT2D eigenvalue weighted by molar-refractivity contribution is 5.82. The van der Waals surface area contributed by atoms with E-state index in [1.54, 1.807) is 0 Å². The van der Waals surface area contributed by atoms with Crippen molar-refractivity contribution in [2.45, 2.75) is 39.3 Å². The Balaban J connectivity index is 2.55. The van der Waals surface area contributed by atoms with Gasteiger partial charge in [0.05, 0.1) is 6.04 Å². The molecule has 2 N–H and O–H groups in total. The molecule has 1 aliphatic rings. The fourth-order valence-corrected chi connectivity index (χ4v) is 1.96. The first kappa shape index (κ1) is 13.5. The Morgan fingerprint density at radius 1 is 1.50 bits per heavy atom. The Morgan fingerprint density at radius 3 is 2.62 bits per heavy atom. The molecule has 3 atom stereocenters. The lowest BCUT2D eigenvalue weighted by Crippen LogP contribution is -2.56. The summed E-state index contributed by atoms with van der Waals surface area (Å²) in [6, 6.07) is 0.0995. The molecule has 0 bridgehead atoms. The van der Waals surface area contributed by atoms with Crippen molar-refractivity contribution >= 4 is 5.91 Å². The number of nitrogens with zero attached hydrogens (tertiary/aromatic N) is 2. The van der Waals surface area contributed by atoms with Gasteiger partial charge in [-0.15, -0.1) is 0 Å². The van der Waals surface area contributed by atoms with Gasteiger partial charge >= 0.3 is 0 Å². The molecule has 1 rings (SSSR count). The monoisotopic (exact) mass is 227 g/mol. The van der Waals surface area contributed by atoms with Gasteiger partial charge in [-0.3, -0.25) is 4.79 Å². The molecule has 0 aromatic heterocycles.